The molecule has 2 rings (SSSR count). The molecule has 0 aromatic carbocycles. The van der Waals surface area contributed by atoms with Gasteiger partial charge in [-0.2, -0.15) is 5.10 Å². The van der Waals surface area contributed by atoms with Gasteiger partial charge in [0.15, 0.2) is 5.75 Å². The Labute approximate surface area is 77.2 Å². The molecule has 0 bridgehead atoms. The highest BCUT2D eigenvalue weighted by Gasteiger charge is 2.14. The summed E-state index contributed by atoms with van der Waals surface area (Å²) in [5.41, 5.74) is 0. The molecular formula is C9H14N2O2. The van der Waals surface area contributed by atoms with Gasteiger partial charge in [-0.05, 0) is 19.3 Å². The number of hydrogen-bond acceptors (Lipinski definition) is 3. The topological polar surface area (TPSA) is 47.1 Å². The lowest BCUT2D eigenvalue weighted by Crippen LogP contribution is -2.25. The summed E-state index contributed by atoms with van der Waals surface area (Å²) >= 11 is 0. The van der Waals surface area contributed by atoms with Crippen molar-refractivity contribution in [3.63, 3.8) is 0 Å². The first kappa shape index (κ1) is 8.56. The highest BCUT2D eigenvalue weighted by atomic mass is 16.5. The molecule has 1 saturated heterocycles. The molecule has 1 aliphatic rings. The van der Waals surface area contributed by atoms with Gasteiger partial charge in [-0.1, -0.05) is 0 Å². The fourth-order valence-corrected chi connectivity index (χ4v) is 1.45. The van der Waals surface area contributed by atoms with Crippen LogP contribution in [0.1, 0.15) is 19.3 Å². The minimum atomic E-state index is 0.267. The minimum Gasteiger partial charge on any atom is -0.488 e. The number of H-pyrrole nitrogens is 1. The van der Waals surface area contributed by atoms with E-state index in [9.17, 15) is 0 Å². The van der Waals surface area contributed by atoms with Crippen molar-refractivity contribution >= 4 is 0 Å². The van der Waals surface area contributed by atoms with Gasteiger partial charge in [-0.3, -0.25) is 5.10 Å². The van der Waals surface area contributed by atoms with Gasteiger partial charge < -0.3 is 9.47 Å². The molecule has 4 heteroatoms. The lowest BCUT2D eigenvalue weighted by Gasteiger charge is -2.22. The summed E-state index contributed by atoms with van der Waals surface area (Å²) in [6, 6.07) is 0. The Morgan fingerprint density at radius 3 is 3.31 bits per heavy atom. The summed E-state index contributed by atoms with van der Waals surface area (Å²) in [5, 5.41) is 6.50. The molecule has 1 atom stereocenters. The Kier molecular flexibility index (Phi) is 2.82. The normalized spacial score (nSPS) is 22.9. The van der Waals surface area contributed by atoms with Crippen LogP contribution in [0, 0.1) is 0 Å². The first-order chi connectivity index (χ1) is 6.45. The van der Waals surface area contributed by atoms with Crippen molar-refractivity contribution in [1.29, 1.82) is 0 Å². The smallest absolute Gasteiger partial charge is 0.157 e. The van der Waals surface area contributed by atoms with E-state index in [0.717, 1.165) is 18.8 Å². The van der Waals surface area contributed by atoms with E-state index in [0.29, 0.717) is 6.61 Å². The minimum absolute atomic E-state index is 0.267. The van der Waals surface area contributed by atoms with Gasteiger partial charge >= 0.3 is 0 Å². The average molecular weight is 182 g/mol. The third kappa shape index (κ3) is 2.45. The van der Waals surface area contributed by atoms with Crippen molar-refractivity contribution in [2.24, 2.45) is 0 Å². The molecule has 72 valence electrons. The summed E-state index contributed by atoms with van der Waals surface area (Å²) in [5.74, 6) is 0.786. The standard InChI is InChI=1S/C9H14N2O2/c1-2-4-12-8(3-1)7-13-9-5-10-11-6-9/h5-6,8H,1-4,7H2,(H,10,11). The number of rotatable bonds is 3. The van der Waals surface area contributed by atoms with Crippen LogP contribution in [0.4, 0.5) is 0 Å². The zero-order chi connectivity index (χ0) is 8.93. The van der Waals surface area contributed by atoms with Crippen molar-refractivity contribution in [3.05, 3.63) is 12.4 Å². The van der Waals surface area contributed by atoms with Crippen molar-refractivity contribution in [1.82, 2.24) is 10.2 Å². The Morgan fingerprint density at radius 1 is 1.62 bits per heavy atom. The van der Waals surface area contributed by atoms with E-state index in [1.807, 2.05) is 0 Å². The number of aromatic nitrogens is 2. The predicted molar refractivity (Wildman–Crippen MR) is 47.7 cm³/mol. The summed E-state index contributed by atoms with van der Waals surface area (Å²) in [6.45, 7) is 1.51. The number of hydrogen-bond donors (Lipinski definition) is 1. The summed E-state index contributed by atoms with van der Waals surface area (Å²) in [6.07, 6.45) is 7.22. The van der Waals surface area contributed by atoms with Gasteiger partial charge in [-0.25, -0.2) is 0 Å². The zero-order valence-electron chi connectivity index (χ0n) is 7.53. The lowest BCUT2D eigenvalue weighted by molar-refractivity contribution is -0.0110. The Bertz CT molecular complexity index is 230. The molecule has 0 amide bonds. The maximum Gasteiger partial charge on any atom is 0.157 e. The number of nitrogens with zero attached hydrogens (tertiary/aromatic N) is 1. The maximum atomic E-state index is 5.52. The maximum absolute atomic E-state index is 5.52. The molecule has 0 radical (unpaired) electrons. The van der Waals surface area contributed by atoms with Gasteiger partial charge in [0.1, 0.15) is 6.61 Å². The Morgan fingerprint density at radius 2 is 2.62 bits per heavy atom. The molecule has 1 aliphatic heterocycles. The molecule has 2 heterocycles. The SMILES string of the molecule is c1n[nH]cc1OCC1CCCCO1. The van der Waals surface area contributed by atoms with Crippen LogP contribution in [0.2, 0.25) is 0 Å². The van der Waals surface area contributed by atoms with Crippen LogP contribution in [0.25, 0.3) is 0 Å². The van der Waals surface area contributed by atoms with Gasteiger partial charge in [0.2, 0.25) is 0 Å². The molecule has 0 aliphatic carbocycles. The van der Waals surface area contributed by atoms with E-state index >= 15 is 0 Å². The third-order valence-corrected chi connectivity index (χ3v) is 2.18. The molecule has 1 N–H and O–H groups in total. The highest BCUT2D eigenvalue weighted by molar-refractivity contribution is 5.10. The largest absolute Gasteiger partial charge is 0.488 e. The average Bonchev–Trinajstić information content (AvgIpc) is 2.69. The first-order valence-corrected chi connectivity index (χ1v) is 4.68. The Hall–Kier alpha value is -1.03. The molecule has 13 heavy (non-hydrogen) atoms. The van der Waals surface area contributed by atoms with Crippen LogP contribution in [-0.4, -0.2) is 29.5 Å². The molecule has 4 nitrogen and oxygen atoms in total. The first-order valence-electron chi connectivity index (χ1n) is 4.68. The van der Waals surface area contributed by atoms with Crippen molar-refractivity contribution < 1.29 is 9.47 Å². The molecule has 0 spiro atoms. The highest BCUT2D eigenvalue weighted by Crippen LogP contribution is 2.14. The van der Waals surface area contributed by atoms with Gasteiger partial charge in [0.05, 0.1) is 18.5 Å². The summed E-state index contributed by atoms with van der Waals surface area (Å²) in [7, 11) is 0. The molecule has 0 saturated carbocycles. The lowest BCUT2D eigenvalue weighted by atomic mass is 10.1. The zero-order valence-corrected chi connectivity index (χ0v) is 7.53. The van der Waals surface area contributed by atoms with Gasteiger partial charge in [0.25, 0.3) is 0 Å². The number of ether oxygens (including phenoxy) is 2. The molecule has 1 fully saturated rings. The van der Waals surface area contributed by atoms with E-state index in [2.05, 4.69) is 10.2 Å². The molecule has 1 aromatic heterocycles. The second-order valence-corrected chi connectivity index (χ2v) is 3.23. The van der Waals surface area contributed by atoms with Crippen LogP contribution < -0.4 is 4.74 Å². The van der Waals surface area contributed by atoms with Crippen LogP contribution in [0.5, 0.6) is 5.75 Å². The third-order valence-electron chi connectivity index (χ3n) is 2.18. The van der Waals surface area contributed by atoms with Crippen LogP contribution in [0.3, 0.4) is 0 Å². The van der Waals surface area contributed by atoms with E-state index in [-0.39, 0.29) is 6.10 Å². The van der Waals surface area contributed by atoms with Crippen molar-refractivity contribution in [2.75, 3.05) is 13.2 Å². The summed E-state index contributed by atoms with van der Waals surface area (Å²) in [4.78, 5) is 0. The second-order valence-electron chi connectivity index (χ2n) is 3.23. The van der Waals surface area contributed by atoms with Crippen LogP contribution in [-0.2, 0) is 4.74 Å². The fourth-order valence-electron chi connectivity index (χ4n) is 1.45. The van der Waals surface area contributed by atoms with E-state index < -0.39 is 0 Å². The van der Waals surface area contributed by atoms with Crippen LogP contribution >= 0.6 is 0 Å². The van der Waals surface area contributed by atoms with Crippen molar-refractivity contribution in [3.8, 4) is 5.75 Å². The molecule has 1 unspecified atom stereocenters. The molecule has 1 aromatic rings. The Balaban J connectivity index is 1.72. The van der Waals surface area contributed by atoms with Gasteiger partial charge in [0, 0.05) is 6.61 Å². The quantitative estimate of drug-likeness (QED) is 0.767. The van der Waals surface area contributed by atoms with E-state index in [4.69, 9.17) is 9.47 Å². The monoisotopic (exact) mass is 182 g/mol. The van der Waals surface area contributed by atoms with Crippen molar-refractivity contribution in [2.45, 2.75) is 25.4 Å². The van der Waals surface area contributed by atoms with Gasteiger partial charge in [-0.15, -0.1) is 0 Å². The fraction of sp³-hybridized carbons (Fsp3) is 0.667. The summed E-state index contributed by atoms with van der Waals surface area (Å²) < 4.78 is 11.0. The molecular weight excluding hydrogens is 168 g/mol. The van der Waals surface area contributed by atoms with E-state index in [1.54, 1.807) is 12.4 Å². The number of nitrogens with one attached hydrogen (secondary N) is 1. The van der Waals surface area contributed by atoms with Crippen LogP contribution in [0.15, 0.2) is 12.4 Å². The predicted octanol–water partition coefficient (Wildman–Crippen LogP) is 1.36. The second kappa shape index (κ2) is 4.28. The number of aromatic amines is 1. The van der Waals surface area contributed by atoms with E-state index in [1.165, 1.54) is 12.8 Å².